The third-order valence-corrected chi connectivity index (χ3v) is 1.67. The van der Waals surface area contributed by atoms with Crippen molar-refractivity contribution in [3.63, 3.8) is 0 Å². The van der Waals surface area contributed by atoms with Crippen LogP contribution in [-0.2, 0) is 6.54 Å². The van der Waals surface area contributed by atoms with Gasteiger partial charge in [0.25, 0.3) is 0 Å². The predicted octanol–water partition coefficient (Wildman–Crippen LogP) is 1.74. The first-order chi connectivity index (χ1) is 5.59. The molecule has 0 spiro atoms. The fourth-order valence-corrected chi connectivity index (χ4v) is 0.990. The zero-order valence-electron chi connectivity index (χ0n) is 7.83. The molecule has 0 bridgehead atoms. The summed E-state index contributed by atoms with van der Waals surface area (Å²) >= 11 is 0. The number of anilines is 1. The summed E-state index contributed by atoms with van der Waals surface area (Å²) in [6.07, 6.45) is 2.12. The minimum atomic E-state index is 0.592. The summed E-state index contributed by atoms with van der Waals surface area (Å²) in [7, 11) is 0. The SMILES string of the molecule is CC(C)=CCn1nc(N)cc1C. The van der Waals surface area contributed by atoms with Crippen molar-refractivity contribution in [1.29, 1.82) is 0 Å². The number of hydrogen-bond donors (Lipinski definition) is 1. The van der Waals surface area contributed by atoms with E-state index in [1.54, 1.807) is 0 Å². The molecule has 0 aromatic carbocycles. The van der Waals surface area contributed by atoms with E-state index in [0.717, 1.165) is 12.2 Å². The molecule has 2 N–H and O–H groups in total. The van der Waals surface area contributed by atoms with Crippen LogP contribution in [0.3, 0.4) is 0 Å². The number of allylic oxidation sites excluding steroid dienone is 2. The van der Waals surface area contributed by atoms with Crippen LogP contribution >= 0.6 is 0 Å². The van der Waals surface area contributed by atoms with Gasteiger partial charge in [-0.25, -0.2) is 0 Å². The van der Waals surface area contributed by atoms with Crippen molar-refractivity contribution in [2.24, 2.45) is 0 Å². The van der Waals surface area contributed by atoms with Gasteiger partial charge in [-0.1, -0.05) is 11.6 Å². The van der Waals surface area contributed by atoms with Crippen molar-refractivity contribution >= 4 is 5.82 Å². The zero-order valence-corrected chi connectivity index (χ0v) is 7.83. The summed E-state index contributed by atoms with van der Waals surface area (Å²) in [5, 5.41) is 4.13. The molecular weight excluding hydrogens is 150 g/mol. The lowest BCUT2D eigenvalue weighted by molar-refractivity contribution is 0.679. The minimum Gasteiger partial charge on any atom is -0.382 e. The maximum absolute atomic E-state index is 5.53. The molecule has 0 aliphatic heterocycles. The van der Waals surface area contributed by atoms with E-state index < -0.39 is 0 Å². The van der Waals surface area contributed by atoms with E-state index in [9.17, 15) is 0 Å². The Balaban J connectivity index is 2.75. The molecule has 12 heavy (non-hydrogen) atoms. The number of nitrogen functional groups attached to an aromatic ring is 1. The summed E-state index contributed by atoms with van der Waals surface area (Å²) in [4.78, 5) is 0. The van der Waals surface area contributed by atoms with Crippen LogP contribution in [0.15, 0.2) is 17.7 Å². The highest BCUT2D eigenvalue weighted by atomic mass is 15.3. The highest BCUT2D eigenvalue weighted by molar-refractivity contribution is 5.28. The smallest absolute Gasteiger partial charge is 0.145 e. The standard InChI is InChI=1S/C9H15N3/c1-7(2)4-5-12-8(3)6-9(10)11-12/h4,6H,5H2,1-3H3,(H2,10,11). The van der Waals surface area contributed by atoms with Crippen molar-refractivity contribution in [3.05, 3.63) is 23.4 Å². The Kier molecular flexibility index (Phi) is 2.53. The first-order valence-electron chi connectivity index (χ1n) is 4.03. The van der Waals surface area contributed by atoms with Crippen LogP contribution in [0.4, 0.5) is 5.82 Å². The lowest BCUT2D eigenvalue weighted by atomic mass is 10.3. The van der Waals surface area contributed by atoms with Crippen molar-refractivity contribution in [3.8, 4) is 0 Å². The molecule has 0 radical (unpaired) electrons. The first-order valence-corrected chi connectivity index (χ1v) is 4.03. The molecule has 1 rings (SSSR count). The van der Waals surface area contributed by atoms with Crippen LogP contribution in [0.1, 0.15) is 19.5 Å². The second kappa shape index (κ2) is 3.43. The van der Waals surface area contributed by atoms with Gasteiger partial charge in [0, 0.05) is 11.8 Å². The lowest BCUT2D eigenvalue weighted by Crippen LogP contribution is -2.00. The van der Waals surface area contributed by atoms with Gasteiger partial charge in [0.1, 0.15) is 5.82 Å². The molecule has 1 aromatic rings. The van der Waals surface area contributed by atoms with Crippen molar-refractivity contribution in [2.45, 2.75) is 27.3 Å². The third kappa shape index (κ3) is 2.12. The Morgan fingerprint density at radius 1 is 1.67 bits per heavy atom. The van der Waals surface area contributed by atoms with E-state index >= 15 is 0 Å². The van der Waals surface area contributed by atoms with Gasteiger partial charge >= 0.3 is 0 Å². The second-order valence-electron chi connectivity index (χ2n) is 3.17. The Morgan fingerprint density at radius 2 is 2.33 bits per heavy atom. The Morgan fingerprint density at radius 3 is 2.75 bits per heavy atom. The highest BCUT2D eigenvalue weighted by Gasteiger charge is 1.97. The molecule has 3 nitrogen and oxygen atoms in total. The average Bonchev–Trinajstić information content (AvgIpc) is 2.26. The molecule has 0 unspecified atom stereocenters. The average molecular weight is 165 g/mol. The number of aryl methyl sites for hydroxylation is 1. The highest BCUT2D eigenvalue weighted by Crippen LogP contribution is 2.04. The number of rotatable bonds is 2. The third-order valence-electron chi connectivity index (χ3n) is 1.67. The quantitative estimate of drug-likeness (QED) is 0.678. The molecule has 0 amide bonds. The maximum Gasteiger partial charge on any atom is 0.145 e. The lowest BCUT2D eigenvalue weighted by Gasteiger charge is -1.98. The summed E-state index contributed by atoms with van der Waals surface area (Å²) in [6, 6.07) is 1.87. The summed E-state index contributed by atoms with van der Waals surface area (Å²) in [6.45, 7) is 6.96. The topological polar surface area (TPSA) is 43.8 Å². The van der Waals surface area contributed by atoms with Gasteiger partial charge in [-0.05, 0) is 20.8 Å². The fraction of sp³-hybridized carbons (Fsp3) is 0.444. The van der Waals surface area contributed by atoms with E-state index in [-0.39, 0.29) is 0 Å². The van der Waals surface area contributed by atoms with Gasteiger partial charge in [0.2, 0.25) is 0 Å². The molecule has 0 saturated heterocycles. The number of nitrogens with two attached hydrogens (primary N) is 1. The van der Waals surface area contributed by atoms with E-state index in [1.165, 1.54) is 5.57 Å². The van der Waals surface area contributed by atoms with E-state index in [4.69, 9.17) is 5.73 Å². The molecule has 3 heteroatoms. The molecule has 0 aliphatic carbocycles. The van der Waals surface area contributed by atoms with Gasteiger partial charge in [-0.2, -0.15) is 5.10 Å². The van der Waals surface area contributed by atoms with E-state index in [2.05, 4.69) is 25.0 Å². The molecule has 0 saturated carbocycles. The van der Waals surface area contributed by atoms with Gasteiger partial charge in [0.15, 0.2) is 0 Å². The van der Waals surface area contributed by atoms with Crippen LogP contribution in [0, 0.1) is 6.92 Å². The van der Waals surface area contributed by atoms with Crippen LogP contribution in [-0.4, -0.2) is 9.78 Å². The van der Waals surface area contributed by atoms with Crippen LogP contribution < -0.4 is 5.73 Å². The Hall–Kier alpha value is -1.25. The summed E-state index contributed by atoms with van der Waals surface area (Å²) < 4.78 is 1.89. The Labute approximate surface area is 72.9 Å². The Bertz CT molecular complexity index is 293. The fourth-order valence-electron chi connectivity index (χ4n) is 0.990. The van der Waals surface area contributed by atoms with Crippen LogP contribution in [0.25, 0.3) is 0 Å². The normalized spacial score (nSPS) is 9.92. The van der Waals surface area contributed by atoms with E-state index in [0.29, 0.717) is 5.82 Å². The summed E-state index contributed by atoms with van der Waals surface area (Å²) in [5.74, 6) is 0.592. The van der Waals surface area contributed by atoms with Crippen LogP contribution in [0.2, 0.25) is 0 Å². The first kappa shape index (κ1) is 8.84. The monoisotopic (exact) mass is 165 g/mol. The molecule has 0 fully saturated rings. The molecule has 0 atom stereocenters. The summed E-state index contributed by atoms with van der Waals surface area (Å²) in [5.41, 5.74) is 7.93. The van der Waals surface area contributed by atoms with Gasteiger partial charge in [-0.3, -0.25) is 4.68 Å². The number of nitrogens with zero attached hydrogens (tertiary/aromatic N) is 2. The largest absolute Gasteiger partial charge is 0.382 e. The number of hydrogen-bond acceptors (Lipinski definition) is 2. The minimum absolute atomic E-state index is 0.592. The molecule has 1 heterocycles. The maximum atomic E-state index is 5.53. The van der Waals surface area contributed by atoms with Gasteiger partial charge < -0.3 is 5.73 Å². The van der Waals surface area contributed by atoms with Gasteiger partial charge in [0.05, 0.1) is 6.54 Å². The van der Waals surface area contributed by atoms with Crippen molar-refractivity contribution in [2.75, 3.05) is 5.73 Å². The second-order valence-corrected chi connectivity index (χ2v) is 3.17. The molecular formula is C9H15N3. The molecule has 0 aliphatic rings. The molecule has 1 aromatic heterocycles. The predicted molar refractivity (Wildman–Crippen MR) is 50.8 cm³/mol. The van der Waals surface area contributed by atoms with Crippen molar-refractivity contribution in [1.82, 2.24) is 9.78 Å². The zero-order chi connectivity index (χ0) is 9.14. The van der Waals surface area contributed by atoms with E-state index in [1.807, 2.05) is 17.7 Å². The van der Waals surface area contributed by atoms with Crippen LogP contribution in [0.5, 0.6) is 0 Å². The van der Waals surface area contributed by atoms with Crippen molar-refractivity contribution < 1.29 is 0 Å². The molecule has 66 valence electrons. The number of aromatic nitrogens is 2. The van der Waals surface area contributed by atoms with Gasteiger partial charge in [-0.15, -0.1) is 0 Å².